The van der Waals surface area contributed by atoms with Crippen LogP contribution in [0.1, 0.15) is 26.4 Å². The number of benzene rings is 2. The smallest absolute Gasteiger partial charge is 0.404 e. The quantitative estimate of drug-likeness (QED) is 0.700. The SMILES string of the molecule is Cc1ccc2c(c1)cc1n2C(=O)CN(C[C@H](Cc2ccccc2)NC(=O)O)C1=O. The lowest BCUT2D eigenvalue weighted by molar-refractivity contribution is 0.0608. The van der Waals surface area contributed by atoms with Gasteiger partial charge in [0.15, 0.2) is 0 Å². The highest BCUT2D eigenvalue weighted by molar-refractivity contribution is 6.09. The molecule has 0 bridgehead atoms. The van der Waals surface area contributed by atoms with Crippen LogP contribution in [0.3, 0.4) is 0 Å². The van der Waals surface area contributed by atoms with Crippen LogP contribution in [0.2, 0.25) is 0 Å². The molecule has 1 atom stereocenters. The Kier molecular flexibility index (Phi) is 4.80. The van der Waals surface area contributed by atoms with Crippen LogP contribution in [-0.2, 0) is 6.42 Å². The van der Waals surface area contributed by atoms with Gasteiger partial charge in [-0.15, -0.1) is 0 Å². The zero-order valence-corrected chi connectivity index (χ0v) is 16.0. The summed E-state index contributed by atoms with van der Waals surface area (Å²) in [5.74, 6) is -0.476. The van der Waals surface area contributed by atoms with Crippen molar-refractivity contribution in [2.45, 2.75) is 19.4 Å². The van der Waals surface area contributed by atoms with Gasteiger partial charge in [-0.2, -0.15) is 0 Å². The fourth-order valence-corrected chi connectivity index (χ4v) is 3.88. The number of aryl methyl sites for hydroxylation is 1. The summed E-state index contributed by atoms with van der Waals surface area (Å²) in [7, 11) is 0. The first-order chi connectivity index (χ1) is 13.9. The van der Waals surface area contributed by atoms with E-state index in [1.165, 1.54) is 9.47 Å². The number of carbonyl (C=O) groups excluding carboxylic acids is 2. The second kappa shape index (κ2) is 7.43. The highest BCUT2D eigenvalue weighted by atomic mass is 16.4. The van der Waals surface area contributed by atoms with Crippen LogP contribution in [0.5, 0.6) is 0 Å². The zero-order valence-electron chi connectivity index (χ0n) is 16.0. The van der Waals surface area contributed by atoms with Crippen molar-refractivity contribution in [3.05, 3.63) is 71.4 Å². The van der Waals surface area contributed by atoms with Crippen molar-refractivity contribution in [2.24, 2.45) is 0 Å². The summed E-state index contributed by atoms with van der Waals surface area (Å²) in [5.41, 5.74) is 3.03. The van der Waals surface area contributed by atoms with Gasteiger partial charge in [-0.05, 0) is 37.1 Å². The van der Waals surface area contributed by atoms with Gasteiger partial charge in [0.05, 0.1) is 11.6 Å². The predicted octanol–water partition coefficient (Wildman–Crippen LogP) is 2.92. The van der Waals surface area contributed by atoms with Crippen molar-refractivity contribution < 1.29 is 19.5 Å². The molecule has 3 aromatic rings. The van der Waals surface area contributed by atoms with Crippen molar-refractivity contribution in [2.75, 3.05) is 13.1 Å². The fraction of sp³-hybridized carbons (Fsp3) is 0.227. The summed E-state index contributed by atoms with van der Waals surface area (Å²) < 4.78 is 1.46. The number of aromatic nitrogens is 1. The third kappa shape index (κ3) is 3.71. The van der Waals surface area contributed by atoms with Crippen molar-refractivity contribution in [1.82, 2.24) is 14.8 Å². The lowest BCUT2D eigenvalue weighted by Gasteiger charge is -2.31. The standard InChI is InChI=1S/C22H21N3O4/c1-14-7-8-18-16(9-14)11-19-21(27)24(13-20(26)25(18)19)12-17(23-22(28)29)10-15-5-3-2-4-6-15/h2-9,11,17,23H,10,12-13H2,1H3,(H,28,29)/t17-/m0/s1. The molecule has 148 valence electrons. The molecule has 0 fully saturated rings. The molecule has 2 heterocycles. The van der Waals surface area contributed by atoms with Gasteiger partial charge in [0.1, 0.15) is 12.2 Å². The van der Waals surface area contributed by atoms with E-state index in [0.717, 1.165) is 16.5 Å². The van der Waals surface area contributed by atoms with Gasteiger partial charge in [0.2, 0.25) is 0 Å². The van der Waals surface area contributed by atoms with E-state index in [4.69, 9.17) is 0 Å². The lowest BCUT2D eigenvalue weighted by atomic mass is 10.0. The Hall–Kier alpha value is -3.61. The molecule has 1 aliphatic heterocycles. The minimum absolute atomic E-state index is 0.0872. The number of nitrogens with one attached hydrogen (secondary N) is 1. The third-order valence-electron chi connectivity index (χ3n) is 5.13. The second-order valence-electron chi connectivity index (χ2n) is 7.34. The van der Waals surface area contributed by atoms with Gasteiger partial charge in [-0.1, -0.05) is 42.0 Å². The van der Waals surface area contributed by atoms with E-state index in [-0.39, 0.29) is 24.9 Å². The molecule has 7 heteroatoms. The Morgan fingerprint density at radius 2 is 1.90 bits per heavy atom. The molecule has 2 amide bonds. The number of nitrogens with zero attached hydrogens (tertiary/aromatic N) is 2. The van der Waals surface area contributed by atoms with Crippen molar-refractivity contribution in [1.29, 1.82) is 0 Å². The van der Waals surface area contributed by atoms with Crippen LogP contribution in [0.25, 0.3) is 10.9 Å². The number of rotatable bonds is 5. The van der Waals surface area contributed by atoms with Gasteiger partial charge in [0, 0.05) is 11.9 Å². The summed E-state index contributed by atoms with van der Waals surface area (Å²) in [6.45, 7) is 1.99. The van der Waals surface area contributed by atoms with E-state index in [0.29, 0.717) is 17.6 Å². The Morgan fingerprint density at radius 3 is 2.62 bits per heavy atom. The van der Waals surface area contributed by atoms with Gasteiger partial charge in [0.25, 0.3) is 11.8 Å². The molecule has 0 saturated heterocycles. The van der Waals surface area contributed by atoms with E-state index in [1.807, 2.05) is 55.5 Å². The molecule has 2 N–H and O–H groups in total. The molecule has 0 radical (unpaired) electrons. The second-order valence-corrected chi connectivity index (χ2v) is 7.34. The summed E-state index contributed by atoms with van der Waals surface area (Å²) >= 11 is 0. The average molecular weight is 391 g/mol. The predicted molar refractivity (Wildman–Crippen MR) is 108 cm³/mol. The van der Waals surface area contributed by atoms with E-state index < -0.39 is 12.1 Å². The van der Waals surface area contributed by atoms with Crippen LogP contribution in [-0.4, -0.2) is 51.6 Å². The first kappa shape index (κ1) is 18.7. The van der Waals surface area contributed by atoms with E-state index in [2.05, 4.69) is 5.32 Å². The van der Waals surface area contributed by atoms with Crippen molar-refractivity contribution in [3.63, 3.8) is 0 Å². The Balaban J connectivity index is 1.61. The largest absolute Gasteiger partial charge is 0.465 e. The summed E-state index contributed by atoms with van der Waals surface area (Å²) in [6.07, 6.45) is -0.737. The Labute approximate surface area is 167 Å². The molecule has 0 aliphatic carbocycles. The maximum Gasteiger partial charge on any atom is 0.404 e. The van der Waals surface area contributed by atoms with E-state index in [9.17, 15) is 19.5 Å². The monoisotopic (exact) mass is 391 g/mol. The molecular formula is C22H21N3O4. The number of carboxylic acid groups (broad SMARTS) is 1. The molecule has 0 unspecified atom stereocenters. The van der Waals surface area contributed by atoms with Gasteiger partial charge < -0.3 is 15.3 Å². The average Bonchev–Trinajstić information content (AvgIpc) is 3.05. The molecule has 0 saturated carbocycles. The number of carbonyl (C=O) groups is 3. The van der Waals surface area contributed by atoms with Crippen molar-refractivity contribution >= 4 is 28.8 Å². The molecule has 4 rings (SSSR count). The van der Waals surface area contributed by atoms with E-state index >= 15 is 0 Å². The van der Waals surface area contributed by atoms with Gasteiger partial charge in [-0.25, -0.2) is 4.79 Å². The molecule has 2 aromatic carbocycles. The maximum absolute atomic E-state index is 13.1. The summed E-state index contributed by atoms with van der Waals surface area (Å²) in [5, 5.41) is 12.5. The van der Waals surface area contributed by atoms with Gasteiger partial charge >= 0.3 is 6.09 Å². The summed E-state index contributed by atoms with van der Waals surface area (Å²) in [4.78, 5) is 38.5. The number of fused-ring (bicyclic) bond motifs is 3. The zero-order chi connectivity index (χ0) is 20.5. The van der Waals surface area contributed by atoms with Crippen molar-refractivity contribution in [3.8, 4) is 0 Å². The number of hydrogen-bond donors (Lipinski definition) is 2. The maximum atomic E-state index is 13.1. The van der Waals surface area contributed by atoms with Crippen LogP contribution in [0, 0.1) is 6.92 Å². The normalized spacial score (nSPS) is 14.7. The van der Waals surface area contributed by atoms with Crippen LogP contribution >= 0.6 is 0 Å². The molecule has 7 nitrogen and oxygen atoms in total. The first-order valence-electron chi connectivity index (χ1n) is 9.40. The Bertz CT molecular complexity index is 1100. The molecule has 1 aliphatic rings. The number of hydrogen-bond acceptors (Lipinski definition) is 3. The molecular weight excluding hydrogens is 370 g/mol. The van der Waals surface area contributed by atoms with Crippen LogP contribution in [0.4, 0.5) is 4.79 Å². The topological polar surface area (TPSA) is 91.6 Å². The minimum Gasteiger partial charge on any atom is -0.465 e. The fourth-order valence-electron chi connectivity index (χ4n) is 3.88. The van der Waals surface area contributed by atoms with Crippen LogP contribution < -0.4 is 5.32 Å². The number of amides is 2. The Morgan fingerprint density at radius 1 is 1.14 bits per heavy atom. The summed E-state index contributed by atoms with van der Waals surface area (Å²) in [6, 6.07) is 16.3. The molecule has 29 heavy (non-hydrogen) atoms. The third-order valence-corrected chi connectivity index (χ3v) is 5.13. The molecule has 1 aromatic heterocycles. The lowest BCUT2D eigenvalue weighted by Crippen LogP contribution is -2.51. The minimum atomic E-state index is -1.16. The van der Waals surface area contributed by atoms with Crippen LogP contribution in [0.15, 0.2) is 54.6 Å². The highest BCUT2D eigenvalue weighted by Crippen LogP contribution is 2.25. The molecule has 0 spiro atoms. The highest BCUT2D eigenvalue weighted by Gasteiger charge is 2.33. The van der Waals surface area contributed by atoms with E-state index in [1.54, 1.807) is 6.07 Å². The first-order valence-corrected chi connectivity index (χ1v) is 9.40. The van der Waals surface area contributed by atoms with Gasteiger partial charge in [-0.3, -0.25) is 14.2 Å².